The second-order valence-electron chi connectivity index (χ2n) is 5.64. The van der Waals surface area contributed by atoms with Crippen molar-refractivity contribution in [1.82, 2.24) is 9.80 Å². The number of nitrogens with zero attached hydrogens (tertiary/aromatic N) is 2. The van der Waals surface area contributed by atoms with Crippen LogP contribution in [0.15, 0.2) is 18.2 Å². The molecule has 4 heteroatoms. The van der Waals surface area contributed by atoms with Gasteiger partial charge in [0.1, 0.15) is 5.82 Å². The zero-order valence-electron chi connectivity index (χ0n) is 12.5. The molecule has 1 amide bonds. The second-order valence-corrected chi connectivity index (χ2v) is 5.64. The molecule has 0 spiro atoms. The number of carbonyl (C=O) groups excluding carboxylic acids is 1. The maximum Gasteiger partial charge on any atom is 0.254 e. The van der Waals surface area contributed by atoms with E-state index in [1.807, 2.05) is 4.90 Å². The van der Waals surface area contributed by atoms with E-state index in [2.05, 4.69) is 18.9 Å². The van der Waals surface area contributed by atoms with Gasteiger partial charge < -0.3 is 9.80 Å². The molecule has 1 atom stereocenters. The van der Waals surface area contributed by atoms with Crippen LogP contribution < -0.4 is 0 Å². The zero-order chi connectivity index (χ0) is 14.7. The van der Waals surface area contributed by atoms with Gasteiger partial charge in [0.2, 0.25) is 0 Å². The Balaban J connectivity index is 2.25. The van der Waals surface area contributed by atoms with Crippen LogP contribution >= 0.6 is 0 Å². The summed E-state index contributed by atoms with van der Waals surface area (Å²) < 4.78 is 13.2. The maximum atomic E-state index is 13.2. The van der Waals surface area contributed by atoms with Gasteiger partial charge in [0.05, 0.1) is 0 Å². The lowest BCUT2D eigenvalue weighted by atomic mass is 10.1. The third-order valence-corrected chi connectivity index (χ3v) is 4.05. The van der Waals surface area contributed by atoms with Crippen LogP contribution in [-0.4, -0.2) is 48.4 Å². The Morgan fingerprint density at radius 2 is 2.15 bits per heavy atom. The largest absolute Gasteiger partial charge is 0.334 e. The summed E-state index contributed by atoms with van der Waals surface area (Å²) in [6.07, 6.45) is 1.93. The molecule has 1 aromatic carbocycles. The first kappa shape index (κ1) is 15.0. The molecule has 0 bridgehead atoms. The Morgan fingerprint density at radius 1 is 1.40 bits per heavy atom. The molecule has 1 fully saturated rings. The molecule has 20 heavy (non-hydrogen) atoms. The molecule has 3 nitrogen and oxygen atoms in total. The normalized spacial score (nSPS) is 20.8. The number of benzene rings is 1. The number of rotatable bonds is 2. The first-order chi connectivity index (χ1) is 9.52. The fourth-order valence-corrected chi connectivity index (χ4v) is 2.88. The van der Waals surface area contributed by atoms with Crippen molar-refractivity contribution < 1.29 is 9.18 Å². The van der Waals surface area contributed by atoms with Crippen LogP contribution in [0.25, 0.3) is 0 Å². The first-order valence-electron chi connectivity index (χ1n) is 7.28. The zero-order valence-corrected chi connectivity index (χ0v) is 12.5. The molecule has 1 aromatic rings. The predicted molar refractivity (Wildman–Crippen MR) is 78.4 cm³/mol. The summed E-state index contributed by atoms with van der Waals surface area (Å²) in [5, 5.41) is 0. The van der Waals surface area contributed by atoms with Gasteiger partial charge in [-0.15, -0.1) is 0 Å². The van der Waals surface area contributed by atoms with Crippen molar-refractivity contribution >= 4 is 5.91 Å². The van der Waals surface area contributed by atoms with Gasteiger partial charge in [-0.2, -0.15) is 0 Å². The molecule has 0 saturated carbocycles. The van der Waals surface area contributed by atoms with Gasteiger partial charge in [0.25, 0.3) is 5.91 Å². The molecule has 0 aromatic heterocycles. The molecule has 110 valence electrons. The summed E-state index contributed by atoms with van der Waals surface area (Å²) in [4.78, 5) is 17.0. The molecule has 1 heterocycles. The van der Waals surface area contributed by atoms with Crippen LogP contribution in [-0.2, 0) is 0 Å². The van der Waals surface area contributed by atoms with E-state index in [0.717, 1.165) is 32.5 Å². The summed E-state index contributed by atoms with van der Waals surface area (Å²) in [6.45, 7) is 6.60. The highest BCUT2D eigenvalue weighted by Gasteiger charge is 2.27. The maximum absolute atomic E-state index is 13.2. The van der Waals surface area contributed by atoms with Gasteiger partial charge in [0, 0.05) is 24.7 Å². The number of aryl methyl sites for hydroxylation is 1. The minimum absolute atomic E-state index is 0.0321. The molecule has 0 aliphatic carbocycles. The van der Waals surface area contributed by atoms with E-state index in [1.54, 1.807) is 13.0 Å². The molecule has 0 radical (unpaired) electrons. The Kier molecular flexibility index (Phi) is 4.76. The first-order valence-corrected chi connectivity index (χ1v) is 7.28. The van der Waals surface area contributed by atoms with E-state index in [-0.39, 0.29) is 17.8 Å². The highest BCUT2D eigenvalue weighted by Crippen LogP contribution is 2.18. The lowest BCUT2D eigenvalue weighted by Crippen LogP contribution is -2.43. The fraction of sp³-hybridized carbons (Fsp3) is 0.562. The molecular formula is C16H23FN2O. The average Bonchev–Trinajstić information content (AvgIpc) is 2.59. The van der Waals surface area contributed by atoms with Crippen molar-refractivity contribution in [3.8, 4) is 0 Å². The summed E-state index contributed by atoms with van der Waals surface area (Å²) in [5.74, 6) is -0.258. The van der Waals surface area contributed by atoms with Crippen LogP contribution in [0.1, 0.15) is 35.7 Å². The van der Waals surface area contributed by atoms with Crippen molar-refractivity contribution in [1.29, 1.82) is 0 Å². The van der Waals surface area contributed by atoms with Crippen molar-refractivity contribution in [3.05, 3.63) is 35.1 Å². The van der Waals surface area contributed by atoms with Crippen LogP contribution in [0.5, 0.6) is 0 Å². The standard InChI is InChI=1S/C16H23FN2O/c1-4-14-11-18(3)8-5-9-19(14)16(20)15-7-6-13(17)10-12(15)2/h6-7,10,14H,4-5,8-9,11H2,1-3H3. The molecule has 2 rings (SSSR count). The summed E-state index contributed by atoms with van der Waals surface area (Å²) in [5.41, 5.74) is 1.33. The van der Waals surface area contributed by atoms with E-state index in [4.69, 9.17) is 0 Å². The van der Waals surface area contributed by atoms with Crippen LogP contribution in [0.2, 0.25) is 0 Å². The minimum Gasteiger partial charge on any atom is -0.334 e. The fourth-order valence-electron chi connectivity index (χ4n) is 2.88. The lowest BCUT2D eigenvalue weighted by molar-refractivity contribution is 0.0675. The third kappa shape index (κ3) is 3.18. The number of likely N-dealkylation sites (N-methyl/N-ethyl adjacent to an activating group) is 1. The van der Waals surface area contributed by atoms with Gasteiger partial charge in [-0.05, 0) is 57.1 Å². The van der Waals surface area contributed by atoms with Crippen molar-refractivity contribution in [2.24, 2.45) is 0 Å². The second kappa shape index (κ2) is 6.35. The van der Waals surface area contributed by atoms with Crippen LogP contribution in [0.3, 0.4) is 0 Å². The number of hydrogen-bond acceptors (Lipinski definition) is 2. The number of halogens is 1. The highest BCUT2D eigenvalue weighted by atomic mass is 19.1. The van der Waals surface area contributed by atoms with Gasteiger partial charge in [-0.25, -0.2) is 4.39 Å². The minimum atomic E-state index is -0.290. The Bertz CT molecular complexity index is 489. The Morgan fingerprint density at radius 3 is 2.80 bits per heavy atom. The van der Waals surface area contributed by atoms with E-state index >= 15 is 0 Å². The van der Waals surface area contributed by atoms with Crippen molar-refractivity contribution in [2.75, 3.05) is 26.7 Å². The predicted octanol–water partition coefficient (Wildman–Crippen LogP) is 2.69. The summed E-state index contributed by atoms with van der Waals surface area (Å²) in [6, 6.07) is 4.64. The quantitative estimate of drug-likeness (QED) is 0.830. The topological polar surface area (TPSA) is 23.6 Å². The molecule has 1 saturated heterocycles. The van der Waals surface area contributed by atoms with Gasteiger partial charge in [-0.3, -0.25) is 4.79 Å². The average molecular weight is 278 g/mol. The summed E-state index contributed by atoms with van der Waals surface area (Å²) in [7, 11) is 2.10. The van der Waals surface area contributed by atoms with Gasteiger partial charge in [-0.1, -0.05) is 6.92 Å². The van der Waals surface area contributed by atoms with Gasteiger partial charge in [0.15, 0.2) is 0 Å². The molecule has 1 unspecified atom stereocenters. The van der Waals surface area contributed by atoms with Crippen molar-refractivity contribution in [3.63, 3.8) is 0 Å². The Labute approximate surface area is 120 Å². The molecule has 0 N–H and O–H groups in total. The van der Waals surface area contributed by atoms with E-state index < -0.39 is 0 Å². The highest BCUT2D eigenvalue weighted by molar-refractivity contribution is 5.95. The smallest absolute Gasteiger partial charge is 0.254 e. The molecule has 1 aliphatic heterocycles. The SMILES string of the molecule is CCC1CN(C)CCCN1C(=O)c1ccc(F)cc1C. The monoisotopic (exact) mass is 278 g/mol. The van der Waals surface area contributed by atoms with Crippen LogP contribution in [0, 0.1) is 12.7 Å². The van der Waals surface area contributed by atoms with E-state index in [0.29, 0.717) is 11.1 Å². The summed E-state index contributed by atoms with van der Waals surface area (Å²) >= 11 is 0. The van der Waals surface area contributed by atoms with Crippen molar-refractivity contribution in [2.45, 2.75) is 32.7 Å². The number of amides is 1. The Hall–Kier alpha value is -1.42. The molecule has 1 aliphatic rings. The number of carbonyl (C=O) groups is 1. The van der Waals surface area contributed by atoms with E-state index in [9.17, 15) is 9.18 Å². The van der Waals surface area contributed by atoms with E-state index in [1.165, 1.54) is 12.1 Å². The lowest BCUT2D eigenvalue weighted by Gasteiger charge is -2.30. The third-order valence-electron chi connectivity index (χ3n) is 4.05. The van der Waals surface area contributed by atoms with Gasteiger partial charge >= 0.3 is 0 Å². The number of hydrogen-bond donors (Lipinski definition) is 0. The molecular weight excluding hydrogens is 255 g/mol. The van der Waals surface area contributed by atoms with Crippen LogP contribution in [0.4, 0.5) is 4.39 Å².